The molecular formula is C23H20ClN3O. The summed E-state index contributed by atoms with van der Waals surface area (Å²) in [6.45, 7) is 4.08. The molecule has 28 heavy (non-hydrogen) atoms. The molecule has 1 heterocycles. The minimum absolute atomic E-state index is 0.213. The fraction of sp³-hybridized carbons (Fsp3) is 0.130. The number of hydrogen-bond acceptors (Lipinski definition) is 3. The van der Waals surface area contributed by atoms with Gasteiger partial charge in [-0.05, 0) is 49.2 Å². The van der Waals surface area contributed by atoms with E-state index in [1.54, 1.807) is 6.07 Å². The topological polar surface area (TPSA) is 53.5 Å². The average Bonchev–Trinajstić information content (AvgIpc) is 2.83. The van der Waals surface area contributed by atoms with Gasteiger partial charge in [0.1, 0.15) is 0 Å². The number of aliphatic imine (C=N–C) groups is 1. The van der Waals surface area contributed by atoms with E-state index in [0.717, 1.165) is 33.7 Å². The van der Waals surface area contributed by atoms with Crippen LogP contribution >= 0.6 is 11.6 Å². The maximum Gasteiger partial charge on any atom is 0.269 e. The van der Waals surface area contributed by atoms with Gasteiger partial charge in [0.25, 0.3) is 5.91 Å². The Morgan fingerprint density at radius 3 is 2.57 bits per heavy atom. The van der Waals surface area contributed by atoms with Crippen molar-refractivity contribution in [2.75, 3.05) is 10.6 Å². The van der Waals surface area contributed by atoms with Crippen LogP contribution in [-0.2, 0) is 4.79 Å². The second kappa shape index (κ2) is 7.49. The fourth-order valence-electron chi connectivity index (χ4n) is 3.26. The standard InChI is InChI=1S/C23H20ClN3O/c1-14-7-6-10-19(15(14)2)25-22-23(28)26-20-12-11-17(24)13-18(20)21(27-22)16-8-4-3-5-9-16/h3-13,22,25H,1-2H3,(H,26,28). The van der Waals surface area contributed by atoms with E-state index < -0.39 is 6.17 Å². The number of carbonyl (C=O) groups is 1. The Balaban J connectivity index is 1.83. The molecule has 5 heteroatoms. The summed E-state index contributed by atoms with van der Waals surface area (Å²) in [7, 11) is 0. The number of benzene rings is 3. The molecule has 0 radical (unpaired) electrons. The zero-order valence-corrected chi connectivity index (χ0v) is 16.4. The summed E-state index contributed by atoms with van der Waals surface area (Å²) in [6, 6.07) is 21.2. The van der Waals surface area contributed by atoms with E-state index >= 15 is 0 Å². The molecule has 1 amide bonds. The highest BCUT2D eigenvalue weighted by molar-refractivity contribution is 6.32. The lowest BCUT2D eigenvalue weighted by Crippen LogP contribution is -2.32. The van der Waals surface area contributed by atoms with Gasteiger partial charge in [-0.2, -0.15) is 0 Å². The second-order valence-electron chi connectivity index (χ2n) is 6.82. The van der Waals surface area contributed by atoms with Crippen LogP contribution < -0.4 is 10.6 Å². The van der Waals surface area contributed by atoms with Gasteiger partial charge in [0.2, 0.25) is 0 Å². The van der Waals surface area contributed by atoms with E-state index in [2.05, 4.69) is 10.6 Å². The summed E-state index contributed by atoms with van der Waals surface area (Å²) in [4.78, 5) is 17.7. The quantitative estimate of drug-likeness (QED) is 0.648. The maximum absolute atomic E-state index is 12.9. The van der Waals surface area contributed by atoms with Crippen LogP contribution in [0.3, 0.4) is 0 Å². The van der Waals surface area contributed by atoms with Crippen molar-refractivity contribution in [1.82, 2.24) is 0 Å². The number of benzodiazepines with no additional fused rings is 1. The van der Waals surface area contributed by atoms with Gasteiger partial charge in [-0.1, -0.05) is 54.1 Å². The number of anilines is 2. The molecule has 3 aromatic rings. The molecule has 0 aliphatic carbocycles. The predicted octanol–water partition coefficient (Wildman–Crippen LogP) is 5.18. The third-order valence-electron chi connectivity index (χ3n) is 4.95. The fourth-order valence-corrected chi connectivity index (χ4v) is 3.43. The summed E-state index contributed by atoms with van der Waals surface area (Å²) >= 11 is 6.24. The van der Waals surface area contributed by atoms with E-state index in [1.165, 1.54) is 0 Å². The molecular weight excluding hydrogens is 370 g/mol. The van der Waals surface area contributed by atoms with Gasteiger partial charge < -0.3 is 10.6 Å². The molecule has 4 nitrogen and oxygen atoms in total. The van der Waals surface area contributed by atoms with Crippen molar-refractivity contribution in [2.45, 2.75) is 20.0 Å². The van der Waals surface area contributed by atoms with Gasteiger partial charge in [0.15, 0.2) is 6.17 Å². The summed E-state index contributed by atoms with van der Waals surface area (Å²) in [5.41, 5.74) is 6.28. The molecule has 1 aliphatic heterocycles. The molecule has 0 bridgehead atoms. The second-order valence-corrected chi connectivity index (χ2v) is 7.25. The lowest BCUT2D eigenvalue weighted by atomic mass is 10.0. The van der Waals surface area contributed by atoms with Gasteiger partial charge in [-0.25, -0.2) is 4.99 Å². The van der Waals surface area contributed by atoms with Crippen molar-refractivity contribution >= 4 is 34.6 Å². The highest BCUT2D eigenvalue weighted by Crippen LogP contribution is 2.28. The maximum atomic E-state index is 12.9. The molecule has 4 rings (SSSR count). The first-order valence-corrected chi connectivity index (χ1v) is 9.47. The van der Waals surface area contributed by atoms with Gasteiger partial charge in [0, 0.05) is 21.8 Å². The molecule has 2 N–H and O–H groups in total. The third kappa shape index (κ3) is 3.51. The first kappa shape index (κ1) is 18.3. The summed E-state index contributed by atoms with van der Waals surface area (Å²) in [5, 5.41) is 6.87. The molecule has 0 aromatic heterocycles. The third-order valence-corrected chi connectivity index (χ3v) is 5.18. The molecule has 0 spiro atoms. The number of nitrogens with zero attached hydrogens (tertiary/aromatic N) is 1. The number of hydrogen-bond donors (Lipinski definition) is 2. The molecule has 1 aliphatic rings. The van der Waals surface area contributed by atoms with Gasteiger partial charge in [-0.3, -0.25) is 4.79 Å². The lowest BCUT2D eigenvalue weighted by Gasteiger charge is -2.17. The molecule has 0 saturated heterocycles. The van der Waals surface area contributed by atoms with E-state index in [9.17, 15) is 4.79 Å². The largest absolute Gasteiger partial charge is 0.356 e. The van der Waals surface area contributed by atoms with Crippen LogP contribution in [0.5, 0.6) is 0 Å². The van der Waals surface area contributed by atoms with Crippen LogP contribution in [0.2, 0.25) is 5.02 Å². The average molecular weight is 390 g/mol. The van der Waals surface area contributed by atoms with Crippen LogP contribution in [0.4, 0.5) is 11.4 Å². The Morgan fingerprint density at radius 1 is 1.00 bits per heavy atom. The Morgan fingerprint density at radius 2 is 1.79 bits per heavy atom. The summed E-state index contributed by atoms with van der Waals surface area (Å²) in [6.07, 6.45) is -0.762. The van der Waals surface area contributed by atoms with Gasteiger partial charge >= 0.3 is 0 Å². The highest BCUT2D eigenvalue weighted by atomic mass is 35.5. The molecule has 3 aromatic carbocycles. The van der Waals surface area contributed by atoms with Crippen molar-refractivity contribution < 1.29 is 4.79 Å². The van der Waals surface area contributed by atoms with E-state index in [0.29, 0.717) is 10.7 Å². The van der Waals surface area contributed by atoms with Gasteiger partial charge in [0.05, 0.1) is 11.4 Å². The SMILES string of the molecule is Cc1cccc(NC2N=C(c3ccccc3)c3cc(Cl)ccc3NC2=O)c1C. The van der Waals surface area contributed by atoms with Crippen molar-refractivity contribution in [3.63, 3.8) is 0 Å². The lowest BCUT2D eigenvalue weighted by molar-refractivity contribution is -0.116. The monoisotopic (exact) mass is 389 g/mol. The van der Waals surface area contributed by atoms with Crippen molar-refractivity contribution in [1.29, 1.82) is 0 Å². The first-order valence-electron chi connectivity index (χ1n) is 9.09. The number of rotatable bonds is 3. The predicted molar refractivity (Wildman–Crippen MR) is 115 cm³/mol. The number of halogens is 1. The van der Waals surface area contributed by atoms with Crippen molar-refractivity contribution in [2.24, 2.45) is 4.99 Å². The smallest absolute Gasteiger partial charge is 0.269 e. The van der Waals surface area contributed by atoms with E-state index in [-0.39, 0.29) is 5.91 Å². The Kier molecular flexibility index (Phi) is 4.88. The molecule has 1 atom stereocenters. The number of aryl methyl sites for hydroxylation is 1. The highest BCUT2D eigenvalue weighted by Gasteiger charge is 2.26. The van der Waals surface area contributed by atoms with Crippen molar-refractivity contribution in [3.05, 3.63) is 94.0 Å². The van der Waals surface area contributed by atoms with Crippen LogP contribution in [0.15, 0.2) is 71.7 Å². The summed E-state index contributed by atoms with van der Waals surface area (Å²) < 4.78 is 0. The minimum Gasteiger partial charge on any atom is -0.356 e. The molecule has 0 saturated carbocycles. The van der Waals surface area contributed by atoms with E-state index in [4.69, 9.17) is 16.6 Å². The van der Waals surface area contributed by atoms with Gasteiger partial charge in [-0.15, -0.1) is 0 Å². The van der Waals surface area contributed by atoms with Crippen LogP contribution in [0, 0.1) is 13.8 Å². The van der Waals surface area contributed by atoms with Crippen LogP contribution in [0.25, 0.3) is 0 Å². The van der Waals surface area contributed by atoms with Crippen LogP contribution in [-0.4, -0.2) is 17.8 Å². The molecule has 1 unspecified atom stereocenters. The van der Waals surface area contributed by atoms with Crippen molar-refractivity contribution in [3.8, 4) is 0 Å². The number of amides is 1. The summed E-state index contributed by atoms with van der Waals surface area (Å²) in [5.74, 6) is -0.213. The minimum atomic E-state index is -0.762. The Bertz CT molecular complexity index is 1080. The Hall–Kier alpha value is -3.11. The molecule has 0 fully saturated rings. The number of nitrogens with one attached hydrogen (secondary N) is 2. The van der Waals surface area contributed by atoms with Crippen LogP contribution in [0.1, 0.15) is 22.3 Å². The molecule has 140 valence electrons. The zero-order valence-electron chi connectivity index (χ0n) is 15.7. The first-order chi connectivity index (χ1) is 13.5. The normalized spacial score (nSPS) is 15.9. The Labute approximate surface area is 169 Å². The zero-order chi connectivity index (χ0) is 19.7. The number of carbonyl (C=O) groups excluding carboxylic acids is 1. The van der Waals surface area contributed by atoms with E-state index in [1.807, 2.05) is 74.5 Å². The number of fused-ring (bicyclic) bond motifs is 1.